The van der Waals surface area contributed by atoms with Crippen LogP contribution in [0.15, 0.2) is 53.0 Å². The van der Waals surface area contributed by atoms with Gasteiger partial charge in [-0.05, 0) is 31.9 Å². The minimum Gasteiger partial charge on any atom is -0.262 e. The molecule has 3 nitrogen and oxygen atoms in total. The molecule has 4 heteroatoms. The average Bonchev–Trinajstić information content (AvgIpc) is 2.95. The molecule has 2 aliphatic carbocycles. The van der Waals surface area contributed by atoms with Crippen molar-refractivity contribution in [2.75, 3.05) is 0 Å². The third kappa shape index (κ3) is 2.38. The van der Waals surface area contributed by atoms with Crippen molar-refractivity contribution in [2.45, 2.75) is 30.8 Å². The van der Waals surface area contributed by atoms with E-state index in [0.717, 1.165) is 12.0 Å². The van der Waals surface area contributed by atoms with Crippen molar-refractivity contribution in [3.05, 3.63) is 53.6 Å². The van der Waals surface area contributed by atoms with Crippen LogP contribution in [0.3, 0.4) is 0 Å². The van der Waals surface area contributed by atoms with Gasteiger partial charge in [0, 0.05) is 5.92 Å². The number of rotatable bonds is 3. The lowest BCUT2D eigenvalue weighted by molar-refractivity contribution is 0.194. The van der Waals surface area contributed by atoms with E-state index in [-0.39, 0.29) is 16.9 Å². The second-order valence-corrected chi connectivity index (χ2v) is 6.65. The van der Waals surface area contributed by atoms with E-state index >= 15 is 0 Å². The summed E-state index contributed by atoms with van der Waals surface area (Å²) in [5.74, 6) is 0.139. The van der Waals surface area contributed by atoms with Crippen LogP contribution in [-0.2, 0) is 14.3 Å². The summed E-state index contributed by atoms with van der Waals surface area (Å²) in [6.45, 7) is 1.92. The number of hydrogen-bond acceptors (Lipinski definition) is 3. The highest BCUT2D eigenvalue weighted by Crippen LogP contribution is 2.37. The lowest BCUT2D eigenvalue weighted by Gasteiger charge is -2.17. The largest absolute Gasteiger partial charge is 0.297 e. The Balaban J connectivity index is 1.79. The van der Waals surface area contributed by atoms with Crippen molar-refractivity contribution in [1.29, 1.82) is 0 Å². The third-order valence-corrected chi connectivity index (χ3v) is 5.05. The molecule has 0 heterocycles. The van der Waals surface area contributed by atoms with E-state index in [1.165, 1.54) is 5.57 Å². The van der Waals surface area contributed by atoms with E-state index < -0.39 is 10.1 Å². The zero-order chi connectivity index (χ0) is 13.5. The first-order chi connectivity index (χ1) is 9.06. The van der Waals surface area contributed by atoms with E-state index in [4.69, 9.17) is 4.18 Å². The lowest BCUT2D eigenvalue weighted by atomic mass is 10.0. The quantitative estimate of drug-likeness (QED) is 0.629. The van der Waals surface area contributed by atoms with Gasteiger partial charge in [0.15, 0.2) is 0 Å². The summed E-state index contributed by atoms with van der Waals surface area (Å²) in [5, 5.41) is 0. The summed E-state index contributed by atoms with van der Waals surface area (Å²) in [5.41, 5.74) is 2.31. The van der Waals surface area contributed by atoms with Gasteiger partial charge in [0.1, 0.15) is 0 Å². The molecular weight excluding hydrogens is 260 g/mol. The third-order valence-electron chi connectivity index (χ3n) is 3.70. The highest BCUT2D eigenvalue weighted by molar-refractivity contribution is 7.86. The monoisotopic (exact) mass is 276 g/mol. The van der Waals surface area contributed by atoms with Gasteiger partial charge < -0.3 is 0 Å². The molecule has 0 saturated carbocycles. The fourth-order valence-electron chi connectivity index (χ4n) is 2.63. The second kappa shape index (κ2) is 4.62. The molecule has 1 unspecified atom stereocenters. The number of hydrogen-bond donors (Lipinski definition) is 0. The molecule has 0 fully saturated rings. The lowest BCUT2D eigenvalue weighted by Crippen LogP contribution is -2.22. The van der Waals surface area contributed by atoms with Crippen molar-refractivity contribution >= 4 is 10.1 Å². The fourth-order valence-corrected chi connectivity index (χ4v) is 3.73. The Bertz CT molecular complexity index is 638. The average molecular weight is 276 g/mol. The van der Waals surface area contributed by atoms with E-state index in [9.17, 15) is 8.42 Å². The van der Waals surface area contributed by atoms with E-state index in [1.807, 2.05) is 13.0 Å². The smallest absolute Gasteiger partial charge is 0.262 e. The summed E-state index contributed by atoms with van der Waals surface area (Å²) in [6, 6.07) is 6.75. The molecule has 0 aliphatic heterocycles. The highest BCUT2D eigenvalue weighted by Gasteiger charge is 2.34. The van der Waals surface area contributed by atoms with E-state index in [2.05, 4.69) is 12.2 Å². The summed E-state index contributed by atoms with van der Waals surface area (Å²) < 4.78 is 29.8. The first-order valence-electron chi connectivity index (χ1n) is 6.42. The van der Waals surface area contributed by atoms with Gasteiger partial charge in [-0.3, -0.25) is 4.18 Å². The van der Waals surface area contributed by atoms with Crippen molar-refractivity contribution in [3.8, 4) is 0 Å². The first-order valence-corrected chi connectivity index (χ1v) is 7.83. The normalized spacial score (nSPS) is 25.4. The van der Waals surface area contributed by atoms with Crippen LogP contribution < -0.4 is 0 Å². The van der Waals surface area contributed by atoms with E-state index in [0.29, 0.717) is 6.42 Å². The van der Waals surface area contributed by atoms with Crippen LogP contribution in [0.25, 0.3) is 0 Å². The van der Waals surface area contributed by atoms with Crippen LogP contribution in [0, 0.1) is 12.8 Å². The molecule has 1 aromatic carbocycles. The molecule has 2 aliphatic rings. The van der Waals surface area contributed by atoms with Crippen molar-refractivity contribution in [2.24, 2.45) is 5.92 Å². The van der Waals surface area contributed by atoms with Crippen molar-refractivity contribution in [3.63, 3.8) is 0 Å². The van der Waals surface area contributed by atoms with Gasteiger partial charge in [0.2, 0.25) is 0 Å². The fraction of sp³-hybridized carbons (Fsp3) is 0.333. The molecule has 2 atom stereocenters. The topological polar surface area (TPSA) is 43.4 Å². The molecule has 0 saturated heterocycles. The Morgan fingerprint density at radius 3 is 2.68 bits per heavy atom. The molecular formula is C15H16O3S. The van der Waals surface area contributed by atoms with Crippen molar-refractivity contribution in [1.82, 2.24) is 0 Å². The minimum atomic E-state index is -3.67. The Hall–Kier alpha value is -1.39. The standard InChI is InChI=1S/C15H16O3S/c1-11-5-8-13(9-6-11)19(16,17)18-15-10-7-12-3-2-4-14(12)15/h2,4-9,14-15H,3,10H2,1H3/t14?,15-/m1/s1. The Labute approximate surface area is 113 Å². The first kappa shape index (κ1) is 12.6. The maximum absolute atomic E-state index is 12.2. The summed E-state index contributed by atoms with van der Waals surface area (Å²) in [4.78, 5) is 0.230. The molecule has 0 spiro atoms. The van der Waals surface area contributed by atoms with Crippen LogP contribution in [-0.4, -0.2) is 14.5 Å². The zero-order valence-corrected chi connectivity index (χ0v) is 11.6. The second-order valence-electron chi connectivity index (χ2n) is 5.07. The van der Waals surface area contributed by atoms with Gasteiger partial charge in [0.25, 0.3) is 10.1 Å². The molecule has 19 heavy (non-hydrogen) atoms. The maximum Gasteiger partial charge on any atom is 0.297 e. The SMILES string of the molecule is Cc1ccc(S(=O)(=O)O[C@@H]2CC=C3CC=CC32)cc1. The number of aryl methyl sites for hydroxylation is 1. The summed E-state index contributed by atoms with van der Waals surface area (Å²) >= 11 is 0. The summed E-state index contributed by atoms with van der Waals surface area (Å²) in [6.07, 6.45) is 7.54. The molecule has 1 aromatic rings. The maximum atomic E-state index is 12.2. The molecule has 0 N–H and O–H groups in total. The number of allylic oxidation sites excluding steroid dienone is 1. The summed E-state index contributed by atoms with van der Waals surface area (Å²) in [7, 11) is -3.67. The Morgan fingerprint density at radius 2 is 1.95 bits per heavy atom. The van der Waals surface area contributed by atoms with Gasteiger partial charge in [-0.25, -0.2) is 0 Å². The van der Waals surface area contributed by atoms with Gasteiger partial charge >= 0.3 is 0 Å². The van der Waals surface area contributed by atoms with Crippen LogP contribution in [0.4, 0.5) is 0 Å². The predicted molar refractivity (Wildman–Crippen MR) is 73.2 cm³/mol. The van der Waals surface area contributed by atoms with Gasteiger partial charge in [0.05, 0.1) is 11.0 Å². The highest BCUT2D eigenvalue weighted by atomic mass is 32.2. The van der Waals surface area contributed by atoms with Gasteiger partial charge in [-0.2, -0.15) is 8.42 Å². The zero-order valence-electron chi connectivity index (χ0n) is 10.7. The number of fused-ring (bicyclic) bond motifs is 1. The molecule has 100 valence electrons. The van der Waals surface area contributed by atoms with Crippen LogP contribution in [0.1, 0.15) is 18.4 Å². The predicted octanol–water partition coefficient (Wildman–Crippen LogP) is 2.98. The molecule has 0 amide bonds. The van der Waals surface area contributed by atoms with Crippen LogP contribution >= 0.6 is 0 Å². The van der Waals surface area contributed by atoms with E-state index in [1.54, 1.807) is 24.3 Å². The molecule has 0 radical (unpaired) electrons. The van der Waals surface area contributed by atoms with Crippen LogP contribution in [0.5, 0.6) is 0 Å². The molecule has 0 aromatic heterocycles. The Morgan fingerprint density at radius 1 is 1.21 bits per heavy atom. The minimum absolute atomic E-state index is 0.139. The molecule has 0 bridgehead atoms. The van der Waals surface area contributed by atoms with Crippen LogP contribution in [0.2, 0.25) is 0 Å². The number of benzene rings is 1. The Kier molecular flexibility index (Phi) is 3.07. The van der Waals surface area contributed by atoms with Gasteiger partial charge in [-0.15, -0.1) is 0 Å². The van der Waals surface area contributed by atoms with Gasteiger partial charge in [-0.1, -0.05) is 41.5 Å². The van der Waals surface area contributed by atoms with Crippen molar-refractivity contribution < 1.29 is 12.6 Å². The molecule has 3 rings (SSSR count).